The maximum Gasteiger partial charge on any atom is 0.173 e. The molecule has 24 heavy (non-hydrogen) atoms. The van der Waals surface area contributed by atoms with Gasteiger partial charge >= 0.3 is 0 Å². The zero-order valence-electron chi connectivity index (χ0n) is 14.8. The van der Waals surface area contributed by atoms with Gasteiger partial charge in [-0.25, -0.2) is 0 Å². The Labute approximate surface area is 151 Å². The van der Waals surface area contributed by atoms with E-state index in [1.165, 1.54) is 11.1 Å². The van der Waals surface area contributed by atoms with Crippen molar-refractivity contribution in [3.05, 3.63) is 65.7 Å². The summed E-state index contributed by atoms with van der Waals surface area (Å²) in [6.45, 7) is 4.81. The first kappa shape index (κ1) is 18.4. The van der Waals surface area contributed by atoms with Crippen LogP contribution in [-0.4, -0.2) is 37.2 Å². The fourth-order valence-corrected chi connectivity index (χ4v) is 2.73. The van der Waals surface area contributed by atoms with Gasteiger partial charge < -0.3 is 15.1 Å². The molecule has 0 saturated heterocycles. The number of benzene rings is 2. The largest absolute Gasteiger partial charge is 0.362 e. The highest BCUT2D eigenvalue weighted by Crippen LogP contribution is 2.18. The van der Waals surface area contributed by atoms with Crippen LogP contribution in [0.3, 0.4) is 0 Å². The van der Waals surface area contributed by atoms with E-state index in [4.69, 9.17) is 12.2 Å². The van der Waals surface area contributed by atoms with Gasteiger partial charge in [-0.15, -0.1) is 0 Å². The molecule has 3 nitrogen and oxygen atoms in total. The predicted molar refractivity (Wildman–Crippen MR) is 108 cm³/mol. The number of rotatable bonds is 7. The molecule has 1 N–H and O–H groups in total. The number of nitrogens with zero attached hydrogens (tertiary/aromatic N) is 2. The second kappa shape index (κ2) is 9.40. The normalized spacial score (nSPS) is 10.7. The van der Waals surface area contributed by atoms with E-state index in [1.807, 2.05) is 6.07 Å². The molecule has 0 amide bonds. The monoisotopic (exact) mass is 341 g/mol. The fraction of sp³-hybridized carbons (Fsp3) is 0.350. The Morgan fingerprint density at radius 2 is 1.67 bits per heavy atom. The highest BCUT2D eigenvalue weighted by molar-refractivity contribution is 7.80. The number of hydrogen-bond donors (Lipinski definition) is 1. The zero-order chi connectivity index (χ0) is 17.4. The summed E-state index contributed by atoms with van der Waals surface area (Å²) >= 11 is 5.67. The molecular weight excluding hydrogens is 314 g/mol. The van der Waals surface area contributed by atoms with E-state index in [9.17, 15) is 0 Å². The van der Waals surface area contributed by atoms with Crippen molar-refractivity contribution in [2.75, 3.05) is 32.1 Å². The molecule has 0 fully saturated rings. The van der Waals surface area contributed by atoms with Crippen molar-refractivity contribution < 1.29 is 0 Å². The van der Waals surface area contributed by atoms with Crippen LogP contribution in [0.15, 0.2) is 54.6 Å². The van der Waals surface area contributed by atoms with Crippen LogP contribution in [0.2, 0.25) is 0 Å². The highest BCUT2D eigenvalue weighted by atomic mass is 32.1. The van der Waals surface area contributed by atoms with Gasteiger partial charge in [0.2, 0.25) is 0 Å². The van der Waals surface area contributed by atoms with E-state index in [-0.39, 0.29) is 0 Å². The summed E-state index contributed by atoms with van der Waals surface area (Å²) in [4.78, 5) is 4.35. The second-order valence-corrected chi connectivity index (χ2v) is 6.68. The molecule has 128 valence electrons. The minimum atomic E-state index is 0.767. The molecule has 0 heterocycles. The van der Waals surface area contributed by atoms with Crippen LogP contribution in [0, 0.1) is 6.92 Å². The van der Waals surface area contributed by atoms with Gasteiger partial charge in [0.1, 0.15) is 0 Å². The topological polar surface area (TPSA) is 18.5 Å². The Bertz CT molecular complexity index is 623. The van der Waals surface area contributed by atoms with Gasteiger partial charge in [-0.1, -0.05) is 48.0 Å². The van der Waals surface area contributed by atoms with Crippen LogP contribution < -0.4 is 10.2 Å². The van der Waals surface area contributed by atoms with E-state index in [1.54, 1.807) is 0 Å². The van der Waals surface area contributed by atoms with Crippen molar-refractivity contribution in [3.63, 3.8) is 0 Å². The maximum absolute atomic E-state index is 5.67. The SMILES string of the molecule is Cc1ccc(N(Cc2ccccc2)C(=S)NCCCN(C)C)cc1. The Morgan fingerprint density at radius 1 is 1.00 bits per heavy atom. The van der Waals surface area contributed by atoms with E-state index in [2.05, 4.69) is 84.7 Å². The minimum absolute atomic E-state index is 0.767. The summed E-state index contributed by atoms with van der Waals surface area (Å²) in [5.41, 5.74) is 3.62. The number of hydrogen-bond acceptors (Lipinski definition) is 2. The van der Waals surface area contributed by atoms with Crippen LogP contribution in [0.5, 0.6) is 0 Å². The third kappa shape index (κ3) is 5.95. The molecule has 0 radical (unpaired) electrons. The molecule has 0 saturated carbocycles. The Balaban J connectivity index is 2.07. The molecule has 0 aromatic heterocycles. The third-order valence-electron chi connectivity index (χ3n) is 3.83. The van der Waals surface area contributed by atoms with Gasteiger partial charge in [-0.3, -0.25) is 0 Å². The van der Waals surface area contributed by atoms with Gasteiger partial charge in [0.05, 0.1) is 6.54 Å². The van der Waals surface area contributed by atoms with Crippen molar-refractivity contribution in [2.24, 2.45) is 0 Å². The Kier molecular flexibility index (Phi) is 7.22. The van der Waals surface area contributed by atoms with Crippen molar-refractivity contribution in [2.45, 2.75) is 19.9 Å². The predicted octanol–water partition coefficient (Wildman–Crippen LogP) is 3.83. The molecule has 2 aromatic rings. The lowest BCUT2D eigenvalue weighted by molar-refractivity contribution is 0.400. The molecule has 2 aromatic carbocycles. The summed E-state index contributed by atoms with van der Waals surface area (Å²) in [5, 5.41) is 4.18. The molecular formula is C20H27N3S. The summed E-state index contributed by atoms with van der Waals surface area (Å²) in [6, 6.07) is 19.0. The molecule has 0 bridgehead atoms. The van der Waals surface area contributed by atoms with E-state index < -0.39 is 0 Å². The molecule has 0 aliphatic heterocycles. The molecule has 4 heteroatoms. The minimum Gasteiger partial charge on any atom is -0.362 e. The number of anilines is 1. The van der Waals surface area contributed by atoms with Crippen LogP contribution in [0.1, 0.15) is 17.5 Å². The quantitative estimate of drug-likeness (QED) is 0.609. The summed E-state index contributed by atoms with van der Waals surface area (Å²) < 4.78 is 0. The van der Waals surface area contributed by atoms with Crippen LogP contribution in [0.25, 0.3) is 0 Å². The summed E-state index contributed by atoms with van der Waals surface area (Å²) in [7, 11) is 4.18. The van der Waals surface area contributed by atoms with E-state index in [0.29, 0.717) is 0 Å². The third-order valence-corrected chi connectivity index (χ3v) is 4.20. The van der Waals surface area contributed by atoms with Gasteiger partial charge in [0.25, 0.3) is 0 Å². The van der Waals surface area contributed by atoms with Gasteiger partial charge in [-0.2, -0.15) is 0 Å². The van der Waals surface area contributed by atoms with Gasteiger partial charge in [0, 0.05) is 12.2 Å². The molecule has 0 unspecified atom stereocenters. The zero-order valence-corrected chi connectivity index (χ0v) is 15.6. The van der Waals surface area contributed by atoms with Crippen molar-refractivity contribution >= 4 is 23.0 Å². The second-order valence-electron chi connectivity index (χ2n) is 6.30. The first-order valence-corrected chi connectivity index (χ1v) is 8.78. The molecule has 0 spiro atoms. The van der Waals surface area contributed by atoms with E-state index in [0.717, 1.165) is 36.9 Å². The maximum atomic E-state index is 5.67. The average molecular weight is 342 g/mol. The van der Waals surface area contributed by atoms with E-state index >= 15 is 0 Å². The molecule has 0 aliphatic rings. The summed E-state index contributed by atoms with van der Waals surface area (Å²) in [5.74, 6) is 0. The van der Waals surface area contributed by atoms with Crippen molar-refractivity contribution in [3.8, 4) is 0 Å². The number of aryl methyl sites for hydroxylation is 1. The molecule has 0 atom stereocenters. The smallest absolute Gasteiger partial charge is 0.173 e. The average Bonchev–Trinajstić information content (AvgIpc) is 2.58. The first-order valence-electron chi connectivity index (χ1n) is 8.37. The lowest BCUT2D eigenvalue weighted by Gasteiger charge is -2.26. The first-order chi connectivity index (χ1) is 11.6. The Morgan fingerprint density at radius 3 is 2.29 bits per heavy atom. The van der Waals surface area contributed by atoms with Crippen LogP contribution in [-0.2, 0) is 6.54 Å². The number of thiocarbonyl (C=S) groups is 1. The van der Waals surface area contributed by atoms with Gasteiger partial charge in [0.15, 0.2) is 5.11 Å². The van der Waals surface area contributed by atoms with Crippen molar-refractivity contribution in [1.82, 2.24) is 10.2 Å². The lowest BCUT2D eigenvalue weighted by atomic mass is 10.2. The van der Waals surface area contributed by atoms with Gasteiger partial charge in [-0.05, 0) is 63.9 Å². The van der Waals surface area contributed by atoms with Crippen LogP contribution in [0.4, 0.5) is 5.69 Å². The van der Waals surface area contributed by atoms with Crippen molar-refractivity contribution in [1.29, 1.82) is 0 Å². The lowest BCUT2D eigenvalue weighted by Crippen LogP contribution is -2.40. The molecule has 0 aliphatic carbocycles. The number of nitrogens with one attached hydrogen (secondary N) is 1. The molecule has 2 rings (SSSR count). The Hall–Kier alpha value is -1.91. The van der Waals surface area contributed by atoms with Crippen LogP contribution >= 0.6 is 12.2 Å². The standard InChI is InChI=1S/C20H27N3S/c1-17-10-12-19(13-11-17)23(16-18-8-5-4-6-9-18)20(24)21-14-7-15-22(2)3/h4-6,8-13H,7,14-16H2,1-3H3,(H,21,24). The fourth-order valence-electron chi connectivity index (χ4n) is 2.46. The highest BCUT2D eigenvalue weighted by Gasteiger charge is 2.12. The summed E-state index contributed by atoms with van der Waals surface area (Å²) in [6.07, 6.45) is 1.07.